The zero-order valence-corrected chi connectivity index (χ0v) is 7.48. The lowest BCUT2D eigenvalue weighted by atomic mass is 10.1. The van der Waals surface area contributed by atoms with Crippen molar-refractivity contribution in [2.75, 3.05) is 0 Å². The molecule has 0 unspecified atom stereocenters. The van der Waals surface area contributed by atoms with Crippen LogP contribution in [0, 0.1) is 0 Å². The standard InChI is InChI=1S/C12H13N/c1-2-3-5-10-12(13)11-8-6-4-7-9-11/h2-10H,1,13H2/b5-3+,12-10+. The Balaban J connectivity index is 2.79. The van der Waals surface area contributed by atoms with Crippen LogP contribution in [0.4, 0.5) is 0 Å². The van der Waals surface area contributed by atoms with Crippen molar-refractivity contribution in [2.45, 2.75) is 0 Å². The Morgan fingerprint density at radius 1 is 1.15 bits per heavy atom. The lowest BCUT2D eigenvalue weighted by molar-refractivity contribution is 1.52. The highest BCUT2D eigenvalue weighted by molar-refractivity contribution is 5.63. The van der Waals surface area contributed by atoms with Gasteiger partial charge in [0.05, 0.1) is 0 Å². The Hall–Kier alpha value is -1.76. The minimum absolute atomic E-state index is 0.763. The number of rotatable bonds is 3. The summed E-state index contributed by atoms with van der Waals surface area (Å²) < 4.78 is 0. The first-order valence-electron chi connectivity index (χ1n) is 4.15. The van der Waals surface area contributed by atoms with Gasteiger partial charge in [0.25, 0.3) is 0 Å². The van der Waals surface area contributed by atoms with Crippen molar-refractivity contribution in [3.63, 3.8) is 0 Å². The van der Waals surface area contributed by atoms with Crippen LogP contribution >= 0.6 is 0 Å². The summed E-state index contributed by atoms with van der Waals surface area (Å²) in [6, 6.07) is 9.86. The minimum Gasteiger partial charge on any atom is -0.398 e. The summed E-state index contributed by atoms with van der Waals surface area (Å²) in [5.74, 6) is 0. The summed E-state index contributed by atoms with van der Waals surface area (Å²) >= 11 is 0. The molecule has 0 saturated heterocycles. The van der Waals surface area contributed by atoms with Crippen LogP contribution in [0.5, 0.6) is 0 Å². The van der Waals surface area contributed by atoms with E-state index < -0.39 is 0 Å². The molecular weight excluding hydrogens is 158 g/mol. The third kappa shape index (κ3) is 2.99. The first kappa shape index (κ1) is 9.33. The fraction of sp³-hybridized carbons (Fsp3) is 0. The topological polar surface area (TPSA) is 26.0 Å². The van der Waals surface area contributed by atoms with Crippen molar-refractivity contribution in [2.24, 2.45) is 5.73 Å². The summed E-state index contributed by atoms with van der Waals surface area (Å²) in [4.78, 5) is 0. The molecule has 66 valence electrons. The molecule has 0 fully saturated rings. The van der Waals surface area contributed by atoms with Crippen LogP contribution in [0.15, 0.2) is 61.2 Å². The van der Waals surface area contributed by atoms with E-state index in [-0.39, 0.29) is 0 Å². The number of nitrogens with two attached hydrogens (primary N) is 1. The predicted molar refractivity (Wildman–Crippen MR) is 57.9 cm³/mol. The molecule has 0 radical (unpaired) electrons. The smallest absolute Gasteiger partial charge is 0.0387 e. The van der Waals surface area contributed by atoms with Crippen molar-refractivity contribution in [1.29, 1.82) is 0 Å². The van der Waals surface area contributed by atoms with Gasteiger partial charge in [-0.2, -0.15) is 0 Å². The highest BCUT2D eigenvalue weighted by Gasteiger charge is 1.90. The number of allylic oxidation sites excluding steroid dienone is 4. The Kier molecular flexibility index (Phi) is 3.58. The molecule has 1 rings (SSSR count). The maximum absolute atomic E-state index is 5.81. The number of hydrogen-bond acceptors (Lipinski definition) is 1. The summed E-state index contributed by atoms with van der Waals surface area (Å²) in [6.07, 6.45) is 7.29. The fourth-order valence-corrected chi connectivity index (χ4v) is 0.965. The highest BCUT2D eigenvalue weighted by Crippen LogP contribution is 2.07. The first-order chi connectivity index (χ1) is 6.34. The molecule has 0 heterocycles. The second kappa shape index (κ2) is 4.99. The molecule has 0 aromatic heterocycles. The molecule has 0 bridgehead atoms. The van der Waals surface area contributed by atoms with Gasteiger partial charge in [0, 0.05) is 5.70 Å². The third-order valence-corrected chi connectivity index (χ3v) is 1.63. The van der Waals surface area contributed by atoms with Gasteiger partial charge in [0.15, 0.2) is 0 Å². The summed E-state index contributed by atoms with van der Waals surface area (Å²) in [6.45, 7) is 3.57. The van der Waals surface area contributed by atoms with Gasteiger partial charge in [-0.1, -0.05) is 55.1 Å². The molecule has 0 atom stereocenters. The molecule has 1 aromatic carbocycles. The normalized spacial score (nSPS) is 11.8. The molecule has 1 nitrogen and oxygen atoms in total. The van der Waals surface area contributed by atoms with Crippen LogP contribution in [-0.2, 0) is 0 Å². The average molecular weight is 171 g/mol. The average Bonchev–Trinajstić information content (AvgIpc) is 2.19. The second-order valence-corrected chi connectivity index (χ2v) is 2.61. The molecular formula is C12H13N. The quantitative estimate of drug-likeness (QED) is 0.695. The Bertz CT molecular complexity index is 320. The van der Waals surface area contributed by atoms with Crippen LogP contribution in [0.2, 0.25) is 0 Å². The lowest BCUT2D eigenvalue weighted by Gasteiger charge is -1.98. The monoisotopic (exact) mass is 171 g/mol. The van der Waals surface area contributed by atoms with Crippen LogP contribution in [0.25, 0.3) is 5.70 Å². The molecule has 1 heteroatoms. The van der Waals surface area contributed by atoms with Gasteiger partial charge >= 0.3 is 0 Å². The van der Waals surface area contributed by atoms with Crippen LogP contribution in [0.3, 0.4) is 0 Å². The van der Waals surface area contributed by atoms with Crippen LogP contribution in [-0.4, -0.2) is 0 Å². The fourth-order valence-electron chi connectivity index (χ4n) is 0.965. The van der Waals surface area contributed by atoms with E-state index >= 15 is 0 Å². The molecule has 0 saturated carbocycles. The van der Waals surface area contributed by atoms with Crippen LogP contribution in [0.1, 0.15) is 5.56 Å². The van der Waals surface area contributed by atoms with Crippen molar-refractivity contribution < 1.29 is 0 Å². The third-order valence-electron chi connectivity index (χ3n) is 1.63. The molecule has 0 aliphatic carbocycles. The Labute approximate surface area is 78.9 Å². The van der Waals surface area contributed by atoms with Gasteiger partial charge in [-0.25, -0.2) is 0 Å². The number of benzene rings is 1. The van der Waals surface area contributed by atoms with E-state index in [1.54, 1.807) is 6.08 Å². The van der Waals surface area contributed by atoms with Gasteiger partial charge in [0.2, 0.25) is 0 Å². The summed E-state index contributed by atoms with van der Waals surface area (Å²) in [5.41, 5.74) is 7.61. The number of hydrogen-bond donors (Lipinski definition) is 1. The van der Waals surface area contributed by atoms with Gasteiger partial charge < -0.3 is 5.73 Å². The van der Waals surface area contributed by atoms with E-state index in [1.807, 2.05) is 48.6 Å². The van der Waals surface area contributed by atoms with Gasteiger partial charge in [-0.15, -0.1) is 0 Å². The molecule has 13 heavy (non-hydrogen) atoms. The lowest BCUT2D eigenvalue weighted by Crippen LogP contribution is -1.94. The van der Waals surface area contributed by atoms with E-state index in [0.29, 0.717) is 0 Å². The second-order valence-electron chi connectivity index (χ2n) is 2.61. The van der Waals surface area contributed by atoms with Crippen molar-refractivity contribution in [1.82, 2.24) is 0 Å². The van der Waals surface area contributed by atoms with E-state index in [1.165, 1.54) is 0 Å². The minimum atomic E-state index is 0.763. The van der Waals surface area contributed by atoms with Crippen molar-refractivity contribution >= 4 is 5.70 Å². The predicted octanol–water partition coefficient (Wildman–Crippen LogP) is 2.73. The van der Waals surface area contributed by atoms with E-state index in [0.717, 1.165) is 11.3 Å². The zero-order chi connectivity index (χ0) is 9.52. The van der Waals surface area contributed by atoms with Crippen LogP contribution < -0.4 is 5.73 Å². The van der Waals surface area contributed by atoms with Crippen molar-refractivity contribution in [3.05, 3.63) is 66.8 Å². The largest absolute Gasteiger partial charge is 0.398 e. The summed E-state index contributed by atoms with van der Waals surface area (Å²) in [5, 5.41) is 0. The molecule has 0 aliphatic heterocycles. The van der Waals surface area contributed by atoms with Gasteiger partial charge in [-0.05, 0) is 11.6 Å². The molecule has 1 aromatic rings. The van der Waals surface area contributed by atoms with E-state index in [9.17, 15) is 0 Å². The van der Waals surface area contributed by atoms with Gasteiger partial charge in [0.1, 0.15) is 0 Å². The van der Waals surface area contributed by atoms with E-state index in [2.05, 4.69) is 6.58 Å². The highest BCUT2D eigenvalue weighted by atomic mass is 14.6. The molecule has 2 N–H and O–H groups in total. The van der Waals surface area contributed by atoms with E-state index in [4.69, 9.17) is 5.73 Å². The summed E-state index contributed by atoms with van der Waals surface area (Å²) in [7, 11) is 0. The van der Waals surface area contributed by atoms with Gasteiger partial charge in [-0.3, -0.25) is 0 Å². The zero-order valence-electron chi connectivity index (χ0n) is 7.48. The Morgan fingerprint density at radius 2 is 1.85 bits per heavy atom. The maximum atomic E-state index is 5.81. The first-order valence-corrected chi connectivity index (χ1v) is 4.15. The Morgan fingerprint density at radius 3 is 2.46 bits per heavy atom. The maximum Gasteiger partial charge on any atom is 0.0387 e. The molecule has 0 amide bonds. The SMILES string of the molecule is C=C/C=C/C=C(/N)c1ccccc1. The molecule has 0 aliphatic rings. The van der Waals surface area contributed by atoms with Crippen molar-refractivity contribution in [3.8, 4) is 0 Å². The molecule has 0 spiro atoms.